The van der Waals surface area contributed by atoms with Gasteiger partial charge in [0.2, 0.25) is 10.0 Å². The van der Waals surface area contributed by atoms with Crippen molar-refractivity contribution in [1.82, 2.24) is 14.3 Å². The van der Waals surface area contributed by atoms with Crippen LogP contribution in [0.5, 0.6) is 0 Å². The summed E-state index contributed by atoms with van der Waals surface area (Å²) >= 11 is 1.46. The zero-order valence-corrected chi connectivity index (χ0v) is 21.4. The van der Waals surface area contributed by atoms with Gasteiger partial charge in [0, 0.05) is 31.0 Å². The number of aromatic nitrogens is 2. The van der Waals surface area contributed by atoms with Crippen LogP contribution in [0.15, 0.2) is 65.8 Å². The van der Waals surface area contributed by atoms with Gasteiger partial charge in [0.05, 0.1) is 21.7 Å². The SMILES string of the molecule is Cc1ccc2sc(N(Cc3cccnc3)C(=O)c3ccc(S(=O)(=O)N(C)C4CC4)cc3)nc2c1C. The molecule has 35 heavy (non-hydrogen) atoms. The normalized spacial score (nSPS) is 13.9. The van der Waals surface area contributed by atoms with Crippen molar-refractivity contribution >= 4 is 42.6 Å². The number of hydrogen-bond donors (Lipinski definition) is 0. The molecule has 0 unspecified atom stereocenters. The lowest BCUT2D eigenvalue weighted by atomic mass is 10.1. The van der Waals surface area contributed by atoms with Crippen LogP contribution in [-0.2, 0) is 16.6 Å². The van der Waals surface area contributed by atoms with E-state index < -0.39 is 10.0 Å². The van der Waals surface area contributed by atoms with Crippen molar-refractivity contribution in [3.05, 3.63) is 83.2 Å². The molecule has 1 aliphatic rings. The van der Waals surface area contributed by atoms with E-state index in [1.165, 1.54) is 27.8 Å². The van der Waals surface area contributed by atoms with E-state index in [4.69, 9.17) is 4.98 Å². The number of carbonyl (C=O) groups is 1. The Morgan fingerprint density at radius 1 is 1.09 bits per heavy atom. The molecule has 0 aliphatic heterocycles. The van der Waals surface area contributed by atoms with Crippen LogP contribution in [0.3, 0.4) is 0 Å². The third-order valence-corrected chi connectivity index (χ3v) is 9.42. The van der Waals surface area contributed by atoms with Gasteiger partial charge in [-0.2, -0.15) is 4.31 Å². The third-order valence-electron chi connectivity index (χ3n) is 6.45. The zero-order valence-electron chi connectivity index (χ0n) is 19.8. The van der Waals surface area contributed by atoms with E-state index in [1.807, 2.05) is 32.0 Å². The molecule has 1 fully saturated rings. The summed E-state index contributed by atoms with van der Waals surface area (Å²) in [6, 6.07) is 14.1. The van der Waals surface area contributed by atoms with E-state index >= 15 is 0 Å². The van der Waals surface area contributed by atoms with Crippen molar-refractivity contribution < 1.29 is 13.2 Å². The molecule has 0 radical (unpaired) electrons. The van der Waals surface area contributed by atoms with Crippen LogP contribution in [0.4, 0.5) is 5.13 Å². The maximum atomic E-state index is 13.7. The lowest BCUT2D eigenvalue weighted by Gasteiger charge is -2.20. The van der Waals surface area contributed by atoms with Gasteiger partial charge in [0.25, 0.3) is 5.91 Å². The van der Waals surface area contributed by atoms with Crippen LogP contribution in [-0.4, -0.2) is 41.7 Å². The molecule has 180 valence electrons. The number of amides is 1. The van der Waals surface area contributed by atoms with Gasteiger partial charge in [-0.15, -0.1) is 0 Å². The Morgan fingerprint density at radius 3 is 2.49 bits per heavy atom. The molecule has 2 aromatic heterocycles. The van der Waals surface area contributed by atoms with Crippen molar-refractivity contribution in [3.63, 3.8) is 0 Å². The van der Waals surface area contributed by atoms with Gasteiger partial charge >= 0.3 is 0 Å². The molecular weight excluding hydrogens is 480 g/mol. The van der Waals surface area contributed by atoms with E-state index in [1.54, 1.807) is 36.5 Å². The molecule has 0 bridgehead atoms. The minimum Gasteiger partial charge on any atom is -0.279 e. The molecule has 5 rings (SSSR count). The molecule has 1 aliphatic carbocycles. The maximum Gasteiger partial charge on any atom is 0.260 e. The van der Waals surface area contributed by atoms with Crippen LogP contribution in [0.2, 0.25) is 0 Å². The molecule has 0 N–H and O–H groups in total. The molecule has 9 heteroatoms. The van der Waals surface area contributed by atoms with Gasteiger partial charge in [-0.25, -0.2) is 13.4 Å². The first kappa shape index (κ1) is 23.6. The van der Waals surface area contributed by atoms with Crippen molar-refractivity contribution in [2.75, 3.05) is 11.9 Å². The first-order valence-corrected chi connectivity index (χ1v) is 13.7. The number of sulfonamides is 1. The Hall–Kier alpha value is -3.14. The lowest BCUT2D eigenvalue weighted by molar-refractivity contribution is 0.0985. The van der Waals surface area contributed by atoms with Gasteiger partial charge in [0.1, 0.15) is 0 Å². The molecule has 1 amide bonds. The first-order valence-electron chi connectivity index (χ1n) is 11.4. The Balaban J connectivity index is 1.50. The van der Waals surface area contributed by atoms with E-state index in [0.717, 1.165) is 39.7 Å². The summed E-state index contributed by atoms with van der Waals surface area (Å²) in [6.07, 6.45) is 5.19. The molecule has 0 spiro atoms. The number of thiazole rings is 1. The number of hydrogen-bond acceptors (Lipinski definition) is 6. The molecule has 2 heterocycles. The number of carbonyl (C=O) groups excluding carboxylic acids is 1. The molecular formula is C26H26N4O3S2. The number of benzene rings is 2. The number of nitrogens with zero attached hydrogens (tertiary/aromatic N) is 4. The maximum absolute atomic E-state index is 13.7. The van der Waals surface area contributed by atoms with Crippen LogP contribution >= 0.6 is 11.3 Å². The Morgan fingerprint density at radius 2 is 1.83 bits per heavy atom. The predicted molar refractivity (Wildman–Crippen MR) is 138 cm³/mol. The smallest absolute Gasteiger partial charge is 0.260 e. The summed E-state index contributed by atoms with van der Waals surface area (Å²) in [5.41, 5.74) is 4.39. The van der Waals surface area contributed by atoms with Crippen molar-refractivity contribution in [3.8, 4) is 0 Å². The minimum atomic E-state index is -3.58. The number of aryl methyl sites for hydroxylation is 2. The third kappa shape index (κ3) is 4.59. The number of fused-ring (bicyclic) bond motifs is 1. The highest BCUT2D eigenvalue weighted by molar-refractivity contribution is 7.89. The van der Waals surface area contributed by atoms with Crippen LogP contribution in [0.25, 0.3) is 10.2 Å². The molecule has 2 aromatic carbocycles. The Kier molecular flexibility index (Phi) is 6.16. The van der Waals surface area contributed by atoms with E-state index in [0.29, 0.717) is 17.2 Å². The summed E-state index contributed by atoms with van der Waals surface area (Å²) in [6.45, 7) is 4.38. The van der Waals surface area contributed by atoms with Crippen molar-refractivity contribution in [2.45, 2.75) is 44.2 Å². The zero-order chi connectivity index (χ0) is 24.7. The van der Waals surface area contributed by atoms with Gasteiger partial charge in [0.15, 0.2) is 5.13 Å². The summed E-state index contributed by atoms with van der Waals surface area (Å²) in [5, 5.41) is 0.590. The lowest BCUT2D eigenvalue weighted by Crippen LogP contribution is -2.31. The molecule has 0 atom stereocenters. The number of anilines is 1. The van der Waals surface area contributed by atoms with E-state index in [-0.39, 0.29) is 16.8 Å². The van der Waals surface area contributed by atoms with Crippen LogP contribution < -0.4 is 4.90 Å². The summed E-state index contributed by atoms with van der Waals surface area (Å²) in [5.74, 6) is -0.248. The highest BCUT2D eigenvalue weighted by Gasteiger charge is 2.35. The highest BCUT2D eigenvalue weighted by atomic mass is 32.2. The molecule has 4 aromatic rings. The van der Waals surface area contributed by atoms with Gasteiger partial charge in [-0.1, -0.05) is 23.5 Å². The average molecular weight is 507 g/mol. The van der Waals surface area contributed by atoms with Gasteiger partial charge in [-0.3, -0.25) is 14.7 Å². The van der Waals surface area contributed by atoms with Gasteiger partial charge in [-0.05, 0) is 79.8 Å². The second kappa shape index (κ2) is 9.14. The van der Waals surface area contributed by atoms with E-state index in [2.05, 4.69) is 11.1 Å². The summed E-state index contributed by atoms with van der Waals surface area (Å²) in [4.78, 5) is 24.5. The Bertz CT molecular complexity index is 1500. The van der Waals surface area contributed by atoms with Crippen molar-refractivity contribution in [1.29, 1.82) is 0 Å². The van der Waals surface area contributed by atoms with Crippen LogP contribution in [0.1, 0.15) is 39.9 Å². The number of rotatable bonds is 7. The summed E-state index contributed by atoms with van der Waals surface area (Å²) in [7, 11) is -1.97. The van der Waals surface area contributed by atoms with Crippen LogP contribution in [0, 0.1) is 13.8 Å². The number of pyridine rings is 1. The van der Waals surface area contributed by atoms with Crippen molar-refractivity contribution in [2.24, 2.45) is 0 Å². The fraction of sp³-hybridized carbons (Fsp3) is 0.269. The summed E-state index contributed by atoms with van der Waals surface area (Å²) < 4.78 is 28.2. The highest BCUT2D eigenvalue weighted by Crippen LogP contribution is 2.34. The first-order chi connectivity index (χ1) is 16.8. The fourth-order valence-corrected chi connectivity index (χ4v) is 6.39. The topological polar surface area (TPSA) is 83.5 Å². The fourth-order valence-electron chi connectivity index (χ4n) is 3.96. The van der Waals surface area contributed by atoms with E-state index in [9.17, 15) is 13.2 Å². The minimum absolute atomic E-state index is 0.0717. The monoisotopic (exact) mass is 506 g/mol. The second-order valence-corrected chi connectivity index (χ2v) is 11.9. The van der Waals surface area contributed by atoms with Gasteiger partial charge < -0.3 is 0 Å². The standard InChI is InChI=1S/C26H26N4O3S2/c1-17-6-13-23-24(18(17)2)28-26(34-23)30(16-19-5-4-14-27-15-19)25(31)20-7-11-22(12-8-20)35(32,33)29(3)21-9-10-21/h4-8,11-15,21H,9-10,16H2,1-3H3. The molecule has 1 saturated carbocycles. The predicted octanol–water partition coefficient (Wildman–Crippen LogP) is 4.94. The largest absolute Gasteiger partial charge is 0.279 e. The molecule has 7 nitrogen and oxygen atoms in total. The average Bonchev–Trinajstić information content (AvgIpc) is 3.63. The second-order valence-electron chi connectivity index (χ2n) is 8.88. The Labute approximate surface area is 209 Å². The quantitative estimate of drug-likeness (QED) is 0.355. The molecule has 0 saturated heterocycles.